The summed E-state index contributed by atoms with van der Waals surface area (Å²) < 4.78 is 53.9. The molecule has 0 spiro atoms. The molecule has 4 N–H and O–H groups in total. The van der Waals surface area contributed by atoms with Crippen LogP contribution in [0.3, 0.4) is 0 Å². The van der Waals surface area contributed by atoms with Gasteiger partial charge in [-0.15, -0.1) is 0 Å². The van der Waals surface area contributed by atoms with Gasteiger partial charge in [0.25, 0.3) is 21.1 Å². The summed E-state index contributed by atoms with van der Waals surface area (Å²) in [7, 11) is -6.67. The number of rotatable bonds is 13. The van der Waals surface area contributed by atoms with Crippen molar-refractivity contribution in [3.05, 3.63) is 0 Å². The first-order valence-electron chi connectivity index (χ1n) is 8.94. The van der Waals surface area contributed by atoms with Gasteiger partial charge < -0.3 is 15.3 Å². The Labute approximate surface area is 168 Å². The molecule has 1 aliphatic rings. The predicted molar refractivity (Wildman–Crippen MR) is 103 cm³/mol. The van der Waals surface area contributed by atoms with Crippen LogP contribution in [0.4, 0.5) is 0 Å². The Morgan fingerprint density at radius 2 is 1.36 bits per heavy atom. The molecule has 0 aromatic rings. The molecule has 1 fully saturated rings. The number of nitrogens with zero attached hydrogens (tertiary/aromatic N) is 3. The number of hydrogen-bond donors (Lipinski definition) is 5. The Bertz CT molecular complexity index is 538. The molecule has 14 heteroatoms. The highest BCUT2D eigenvalue weighted by molar-refractivity contribution is 7.85. The van der Waals surface area contributed by atoms with E-state index in [4.69, 9.17) is 19.9 Å². The van der Waals surface area contributed by atoms with Crippen molar-refractivity contribution in [2.45, 2.75) is 0 Å². The molecule has 170 valence electrons. The van der Waals surface area contributed by atoms with Crippen LogP contribution in [0.5, 0.6) is 0 Å². The lowest BCUT2D eigenvalue weighted by Crippen LogP contribution is -2.47. The fourth-order valence-corrected chi connectivity index (χ4v) is 3.20. The van der Waals surface area contributed by atoms with Gasteiger partial charge in [0.2, 0.25) is 0 Å². The van der Waals surface area contributed by atoms with Gasteiger partial charge in [0.1, 0.15) is 0 Å². The molecule has 0 atom stereocenters. The highest BCUT2D eigenvalue weighted by Gasteiger charge is 2.15. The molecule has 0 aromatic heterocycles. The average molecular weight is 452 g/mol. The van der Waals surface area contributed by atoms with E-state index in [0.717, 1.165) is 32.7 Å². The fraction of sp³-hybridized carbons (Fsp3) is 1.00. The van der Waals surface area contributed by atoms with Gasteiger partial charge in [-0.2, -0.15) is 8.42 Å². The Kier molecular flexibility index (Phi) is 16.1. The van der Waals surface area contributed by atoms with Gasteiger partial charge in [0.05, 0.1) is 32.2 Å². The van der Waals surface area contributed by atoms with E-state index in [1.807, 2.05) is 0 Å². The first-order valence-corrected chi connectivity index (χ1v) is 11.6. The zero-order valence-corrected chi connectivity index (χ0v) is 17.6. The molecule has 1 heterocycles. The van der Waals surface area contributed by atoms with E-state index in [1.165, 1.54) is 0 Å². The Hall–Kier alpha value is -0.420. The summed E-state index contributed by atoms with van der Waals surface area (Å²) in [6.45, 7) is 5.92. The second-order valence-corrected chi connectivity index (χ2v) is 8.32. The molecular formula is C14H33N3O9S2. The minimum absolute atomic E-state index is 0.106. The lowest BCUT2D eigenvalue weighted by Gasteiger charge is -2.33. The lowest BCUT2D eigenvalue weighted by atomic mass is 10.3. The molecule has 0 radical (unpaired) electrons. The van der Waals surface area contributed by atoms with Crippen LogP contribution in [-0.4, -0.2) is 142 Å². The quantitative estimate of drug-likeness (QED) is 0.137. The third kappa shape index (κ3) is 16.5. The molecule has 0 bridgehead atoms. The van der Waals surface area contributed by atoms with E-state index >= 15 is 0 Å². The molecule has 0 amide bonds. The van der Waals surface area contributed by atoms with Crippen molar-refractivity contribution in [3.8, 4) is 0 Å². The summed E-state index contributed by atoms with van der Waals surface area (Å²) in [6.07, 6.45) is 0. The summed E-state index contributed by atoms with van der Waals surface area (Å²) in [5.74, 6) is -0.382. The van der Waals surface area contributed by atoms with Crippen molar-refractivity contribution in [1.29, 1.82) is 0 Å². The molecule has 0 aromatic carbocycles. The maximum atomic E-state index is 10.3. The van der Waals surface area contributed by atoms with Gasteiger partial charge in [-0.1, -0.05) is 0 Å². The van der Waals surface area contributed by atoms with Crippen molar-refractivity contribution in [2.24, 2.45) is 0 Å². The van der Waals surface area contributed by atoms with Crippen LogP contribution < -0.4 is 0 Å². The topological polar surface area (TPSA) is 168 Å². The number of β-amino-alcohol motifs (C(OH)–C–C–N with tert-alkyl or cyclic N) is 1. The normalized spacial score (nSPS) is 16.4. The number of thiol groups is 1. The molecular weight excluding hydrogens is 418 g/mol. The van der Waals surface area contributed by atoms with Crippen LogP contribution in [-0.2, 0) is 25.3 Å². The van der Waals surface area contributed by atoms with E-state index in [1.54, 1.807) is 4.90 Å². The van der Waals surface area contributed by atoms with Gasteiger partial charge >= 0.3 is 0 Å². The Morgan fingerprint density at radius 3 is 1.75 bits per heavy atom. The van der Waals surface area contributed by atoms with Gasteiger partial charge in [-0.05, 0) is 0 Å². The third-order valence-electron chi connectivity index (χ3n) is 3.98. The molecule has 1 saturated heterocycles. The van der Waals surface area contributed by atoms with Crippen LogP contribution >= 0.6 is 0 Å². The van der Waals surface area contributed by atoms with Crippen LogP contribution in [0.25, 0.3) is 0 Å². The summed E-state index contributed by atoms with van der Waals surface area (Å²) in [5, 5.41) is 25.9. The summed E-state index contributed by atoms with van der Waals surface area (Å²) >= 11 is 0. The third-order valence-corrected chi connectivity index (χ3v) is 5.08. The Morgan fingerprint density at radius 1 is 0.857 bits per heavy atom. The van der Waals surface area contributed by atoms with Gasteiger partial charge in [0, 0.05) is 58.9 Å². The SMILES string of the molecule is O=S(=O)(O)CCN(CCO)CCO.O=[SH](=O)OCCN1CCN(CCO)CC1. The average Bonchev–Trinajstić information content (AvgIpc) is 2.61. The van der Waals surface area contributed by atoms with Crippen molar-refractivity contribution in [3.63, 3.8) is 0 Å². The van der Waals surface area contributed by atoms with E-state index in [-0.39, 0.29) is 51.8 Å². The highest BCUT2D eigenvalue weighted by atomic mass is 32.2. The summed E-state index contributed by atoms with van der Waals surface area (Å²) in [4.78, 5) is 5.89. The van der Waals surface area contributed by atoms with Crippen molar-refractivity contribution in [1.82, 2.24) is 14.7 Å². The smallest absolute Gasteiger partial charge is 0.266 e. The van der Waals surface area contributed by atoms with Gasteiger partial charge in [-0.3, -0.25) is 23.4 Å². The van der Waals surface area contributed by atoms with E-state index < -0.39 is 21.1 Å². The van der Waals surface area contributed by atoms with E-state index in [9.17, 15) is 16.8 Å². The number of aliphatic hydroxyl groups excluding tert-OH is 3. The molecule has 0 unspecified atom stereocenters. The van der Waals surface area contributed by atoms with Crippen LogP contribution in [0, 0.1) is 0 Å². The minimum Gasteiger partial charge on any atom is -0.395 e. The van der Waals surface area contributed by atoms with Crippen molar-refractivity contribution in [2.75, 3.05) is 91.1 Å². The maximum Gasteiger partial charge on any atom is 0.266 e. The Balaban J connectivity index is 0.000000528. The fourth-order valence-electron chi connectivity index (χ4n) is 2.49. The number of hydrogen-bond acceptors (Lipinski definition) is 11. The monoisotopic (exact) mass is 451 g/mol. The molecule has 1 aliphatic heterocycles. The molecule has 0 aliphatic carbocycles. The zero-order valence-electron chi connectivity index (χ0n) is 15.9. The van der Waals surface area contributed by atoms with Crippen molar-refractivity contribution >= 4 is 21.1 Å². The second kappa shape index (κ2) is 16.4. The molecule has 0 saturated carbocycles. The standard InChI is InChI=1S/C8H18N2O4S.C6H15NO5S/c11-7-5-9-1-3-10(4-2-9)6-8-14-15(12)13;8-4-1-7(2-5-9)3-6-13(10,11)12/h11,15H,1-8H2;8-9H,1-6H2,(H,10,11,12). The second-order valence-electron chi connectivity index (χ2n) is 6.04. The lowest BCUT2D eigenvalue weighted by molar-refractivity contribution is 0.103. The number of aliphatic hydroxyl groups is 3. The largest absolute Gasteiger partial charge is 0.395 e. The summed E-state index contributed by atoms with van der Waals surface area (Å²) in [5.41, 5.74) is 0. The highest BCUT2D eigenvalue weighted by Crippen LogP contribution is 2.00. The van der Waals surface area contributed by atoms with E-state index in [2.05, 4.69) is 14.0 Å². The van der Waals surface area contributed by atoms with Crippen LogP contribution in [0.15, 0.2) is 0 Å². The first kappa shape index (κ1) is 27.6. The molecule has 28 heavy (non-hydrogen) atoms. The summed E-state index contributed by atoms with van der Waals surface area (Å²) in [6, 6.07) is 0. The predicted octanol–water partition coefficient (Wildman–Crippen LogP) is -3.70. The van der Waals surface area contributed by atoms with E-state index in [0.29, 0.717) is 6.54 Å². The molecule has 1 rings (SSSR count). The van der Waals surface area contributed by atoms with Crippen LogP contribution in [0.1, 0.15) is 0 Å². The van der Waals surface area contributed by atoms with Crippen molar-refractivity contribution < 1.29 is 40.9 Å². The van der Waals surface area contributed by atoms with Crippen LogP contribution in [0.2, 0.25) is 0 Å². The first-order chi connectivity index (χ1) is 13.2. The van der Waals surface area contributed by atoms with Gasteiger partial charge in [-0.25, -0.2) is 8.42 Å². The minimum atomic E-state index is -3.96. The molecule has 12 nitrogen and oxygen atoms in total. The van der Waals surface area contributed by atoms with Gasteiger partial charge in [0.15, 0.2) is 0 Å². The number of piperazine rings is 1. The zero-order chi connectivity index (χ0) is 21.4. The maximum absolute atomic E-state index is 10.3.